The predicted molar refractivity (Wildman–Crippen MR) is 87.1 cm³/mol. The number of carbonyl (C=O) groups is 2. The first kappa shape index (κ1) is 19.5. The van der Waals surface area contributed by atoms with Crippen molar-refractivity contribution in [2.24, 2.45) is 5.92 Å². The molecule has 5 nitrogen and oxygen atoms in total. The lowest BCUT2D eigenvalue weighted by molar-refractivity contribution is 0.0706. The molecule has 0 radical (unpaired) electrons. The number of hydrogen-bond acceptors (Lipinski definition) is 3. The maximum Gasteiger partial charge on any atom is 0.274 e. The second-order valence-electron chi connectivity index (χ2n) is 6.00. The fourth-order valence-corrected chi connectivity index (χ4v) is 2.46. The summed E-state index contributed by atoms with van der Waals surface area (Å²) in [4.78, 5) is 23.7. The van der Waals surface area contributed by atoms with Gasteiger partial charge in [0.2, 0.25) is 0 Å². The van der Waals surface area contributed by atoms with Crippen LogP contribution >= 0.6 is 0 Å². The molecule has 1 unspecified atom stereocenters. The number of amides is 2. The van der Waals surface area contributed by atoms with E-state index in [-0.39, 0.29) is 11.5 Å². The van der Waals surface area contributed by atoms with E-state index < -0.39 is 40.9 Å². The largest absolute Gasteiger partial charge is 0.345 e. The minimum Gasteiger partial charge on any atom is -0.345 e. The molecule has 3 N–H and O–H groups in total. The van der Waals surface area contributed by atoms with Gasteiger partial charge in [0, 0.05) is 11.6 Å². The minimum absolute atomic E-state index is 0.121. The number of hydrogen-bond donors (Lipinski definition) is 3. The maximum absolute atomic E-state index is 13.8. The van der Waals surface area contributed by atoms with Gasteiger partial charge in [0.05, 0.1) is 11.6 Å². The average Bonchev–Trinajstić information content (AvgIpc) is 2.61. The number of hydroxylamine groups is 1. The van der Waals surface area contributed by atoms with E-state index in [9.17, 15) is 22.8 Å². The van der Waals surface area contributed by atoms with Gasteiger partial charge in [-0.15, -0.1) is 0 Å². The van der Waals surface area contributed by atoms with Crippen molar-refractivity contribution in [1.82, 2.24) is 10.8 Å². The van der Waals surface area contributed by atoms with Crippen LogP contribution in [0.4, 0.5) is 13.2 Å². The number of benzene rings is 2. The summed E-state index contributed by atoms with van der Waals surface area (Å²) in [6.07, 6.45) is 0. The molecule has 2 amide bonds. The number of nitrogens with one attached hydrogen (secondary N) is 2. The molecule has 138 valence electrons. The van der Waals surface area contributed by atoms with Crippen LogP contribution < -0.4 is 10.8 Å². The molecule has 26 heavy (non-hydrogen) atoms. The molecule has 0 aliphatic rings. The van der Waals surface area contributed by atoms with Crippen molar-refractivity contribution in [1.29, 1.82) is 0 Å². The highest BCUT2D eigenvalue weighted by atomic mass is 19.2. The summed E-state index contributed by atoms with van der Waals surface area (Å²) in [5.41, 5.74) is 1.72. The van der Waals surface area contributed by atoms with Crippen LogP contribution in [0.3, 0.4) is 0 Å². The van der Waals surface area contributed by atoms with Crippen molar-refractivity contribution in [3.05, 3.63) is 70.5 Å². The van der Waals surface area contributed by atoms with Crippen molar-refractivity contribution < 1.29 is 28.0 Å². The van der Waals surface area contributed by atoms with Crippen LogP contribution in [0, 0.1) is 23.4 Å². The first-order valence-corrected chi connectivity index (χ1v) is 7.74. The number of halogens is 3. The van der Waals surface area contributed by atoms with E-state index in [2.05, 4.69) is 5.32 Å². The summed E-state index contributed by atoms with van der Waals surface area (Å²) in [7, 11) is 0. The molecule has 0 bridgehead atoms. The lowest BCUT2D eigenvalue weighted by Gasteiger charge is -2.23. The second kappa shape index (κ2) is 8.01. The molecule has 2 aromatic carbocycles. The zero-order valence-electron chi connectivity index (χ0n) is 14.0. The molecular formula is C18H17F3N2O3. The van der Waals surface area contributed by atoms with Crippen LogP contribution in [0.1, 0.15) is 46.2 Å². The first-order chi connectivity index (χ1) is 12.2. The van der Waals surface area contributed by atoms with Gasteiger partial charge in [0.25, 0.3) is 11.8 Å². The van der Waals surface area contributed by atoms with Crippen molar-refractivity contribution in [2.45, 2.75) is 19.9 Å². The average molecular weight is 366 g/mol. The Morgan fingerprint density at radius 2 is 1.50 bits per heavy atom. The Hall–Kier alpha value is -2.87. The highest BCUT2D eigenvalue weighted by Gasteiger charge is 2.22. The van der Waals surface area contributed by atoms with E-state index in [4.69, 9.17) is 5.21 Å². The standard InChI is InChI=1S/C18H17F3N2O3/c1-9(2)16(10-3-5-11(6-4-10)17(24)23-26)22-18(25)12-7-14(20)15(21)8-13(12)19/h3-9,16,26H,1-2H3,(H,22,25)(H,23,24). The molecule has 0 aliphatic carbocycles. The van der Waals surface area contributed by atoms with E-state index in [1.165, 1.54) is 17.6 Å². The quantitative estimate of drug-likeness (QED) is 0.431. The van der Waals surface area contributed by atoms with E-state index in [1.807, 2.05) is 0 Å². The predicted octanol–water partition coefficient (Wildman–Crippen LogP) is 3.35. The van der Waals surface area contributed by atoms with Crippen molar-refractivity contribution >= 4 is 11.8 Å². The third kappa shape index (κ3) is 4.20. The van der Waals surface area contributed by atoms with Crippen molar-refractivity contribution in [2.75, 3.05) is 0 Å². The SMILES string of the molecule is CC(C)C(NC(=O)c1cc(F)c(F)cc1F)c1ccc(C(=O)NO)cc1. The lowest BCUT2D eigenvalue weighted by atomic mass is 9.94. The minimum atomic E-state index is -1.38. The Bertz CT molecular complexity index is 823. The van der Waals surface area contributed by atoms with Crippen LogP contribution in [0.15, 0.2) is 36.4 Å². The molecule has 0 heterocycles. The molecule has 2 aromatic rings. The molecule has 1 atom stereocenters. The summed E-state index contributed by atoms with van der Waals surface area (Å²) in [5.74, 6) is -5.57. The fraction of sp³-hybridized carbons (Fsp3) is 0.222. The topological polar surface area (TPSA) is 78.4 Å². The zero-order valence-corrected chi connectivity index (χ0v) is 14.0. The van der Waals surface area contributed by atoms with Crippen LogP contribution in [-0.2, 0) is 0 Å². The van der Waals surface area contributed by atoms with Crippen molar-refractivity contribution in [3.8, 4) is 0 Å². The Labute approximate surface area is 147 Å². The fourth-order valence-electron chi connectivity index (χ4n) is 2.46. The number of carbonyl (C=O) groups excluding carboxylic acids is 2. The van der Waals surface area contributed by atoms with Gasteiger partial charge >= 0.3 is 0 Å². The summed E-state index contributed by atoms with van der Waals surface area (Å²) in [5, 5.41) is 11.2. The molecule has 0 saturated heterocycles. The molecule has 2 rings (SSSR count). The van der Waals surface area contributed by atoms with Gasteiger partial charge in [-0.3, -0.25) is 14.8 Å². The second-order valence-corrected chi connectivity index (χ2v) is 6.00. The lowest BCUT2D eigenvalue weighted by Crippen LogP contribution is -2.32. The van der Waals surface area contributed by atoms with Crippen LogP contribution in [-0.4, -0.2) is 17.0 Å². The highest BCUT2D eigenvalue weighted by molar-refractivity contribution is 5.95. The third-order valence-corrected chi connectivity index (χ3v) is 3.84. The van der Waals surface area contributed by atoms with Gasteiger partial charge in [0.1, 0.15) is 5.82 Å². The van der Waals surface area contributed by atoms with Crippen LogP contribution in [0.5, 0.6) is 0 Å². The smallest absolute Gasteiger partial charge is 0.274 e. The molecule has 0 fully saturated rings. The summed E-state index contributed by atoms with van der Waals surface area (Å²) < 4.78 is 40.1. The van der Waals surface area contributed by atoms with E-state index in [1.54, 1.807) is 26.0 Å². The molecule has 0 saturated carbocycles. The van der Waals surface area contributed by atoms with E-state index in [0.717, 1.165) is 0 Å². The monoisotopic (exact) mass is 366 g/mol. The normalized spacial score (nSPS) is 12.0. The molecule has 0 spiro atoms. The van der Waals surface area contributed by atoms with Gasteiger partial charge < -0.3 is 5.32 Å². The Morgan fingerprint density at radius 3 is 2.04 bits per heavy atom. The molecule has 0 aromatic heterocycles. The Balaban J connectivity index is 2.27. The summed E-state index contributed by atoms with van der Waals surface area (Å²) >= 11 is 0. The van der Waals surface area contributed by atoms with Gasteiger partial charge in [-0.1, -0.05) is 26.0 Å². The summed E-state index contributed by atoms with van der Waals surface area (Å²) in [6.45, 7) is 3.61. The molecule has 8 heteroatoms. The zero-order chi connectivity index (χ0) is 19.4. The van der Waals surface area contributed by atoms with Crippen LogP contribution in [0.2, 0.25) is 0 Å². The van der Waals surface area contributed by atoms with E-state index in [0.29, 0.717) is 17.7 Å². The Kier molecular flexibility index (Phi) is 5.99. The summed E-state index contributed by atoms with van der Waals surface area (Å²) in [6, 6.07) is 6.28. The highest BCUT2D eigenvalue weighted by Crippen LogP contribution is 2.23. The third-order valence-electron chi connectivity index (χ3n) is 3.84. The number of rotatable bonds is 5. The maximum atomic E-state index is 13.8. The van der Waals surface area contributed by atoms with Gasteiger partial charge in [-0.2, -0.15) is 0 Å². The molecule has 0 aliphatic heterocycles. The van der Waals surface area contributed by atoms with Gasteiger partial charge in [-0.25, -0.2) is 18.7 Å². The van der Waals surface area contributed by atoms with Gasteiger partial charge in [0.15, 0.2) is 11.6 Å². The van der Waals surface area contributed by atoms with Gasteiger partial charge in [-0.05, 0) is 29.7 Å². The first-order valence-electron chi connectivity index (χ1n) is 7.74. The van der Waals surface area contributed by atoms with Crippen LogP contribution in [0.25, 0.3) is 0 Å². The molecular weight excluding hydrogens is 349 g/mol. The van der Waals surface area contributed by atoms with E-state index >= 15 is 0 Å². The Morgan fingerprint density at radius 1 is 0.923 bits per heavy atom. The van der Waals surface area contributed by atoms with Crippen molar-refractivity contribution in [3.63, 3.8) is 0 Å².